The number of carbonyl (C=O) groups excluding carboxylic acids is 1. The minimum absolute atomic E-state index is 0.0297. The number of nitrogens with zero attached hydrogens (tertiary/aromatic N) is 3. The van der Waals surface area contributed by atoms with E-state index in [0.717, 1.165) is 29.9 Å². The number of hydrogen-bond donors (Lipinski definition) is 2. The van der Waals surface area contributed by atoms with E-state index in [9.17, 15) is 9.90 Å². The van der Waals surface area contributed by atoms with Crippen LogP contribution in [0.1, 0.15) is 22.3 Å². The van der Waals surface area contributed by atoms with Gasteiger partial charge in [0.2, 0.25) is 0 Å². The number of amides is 1. The number of aliphatic hydroxyl groups is 1. The molecule has 7 nitrogen and oxygen atoms in total. The summed E-state index contributed by atoms with van der Waals surface area (Å²) in [6.07, 6.45) is 5.76. The third-order valence-electron chi connectivity index (χ3n) is 5.26. The van der Waals surface area contributed by atoms with Gasteiger partial charge in [-0.1, -0.05) is 12.1 Å². The van der Waals surface area contributed by atoms with Crippen LogP contribution in [0.4, 0.5) is 0 Å². The molecule has 1 aliphatic rings. The number of hydrogen-bond acceptors (Lipinski definition) is 5. The minimum atomic E-state index is 0.0297. The van der Waals surface area contributed by atoms with Crippen LogP contribution < -0.4 is 0 Å². The van der Waals surface area contributed by atoms with Crippen LogP contribution in [0.15, 0.2) is 59.5 Å². The third kappa shape index (κ3) is 4.00. The normalized spacial score (nSPS) is 17.8. The molecule has 1 saturated heterocycles. The van der Waals surface area contributed by atoms with E-state index in [-0.39, 0.29) is 18.6 Å². The first-order chi connectivity index (χ1) is 13.7. The number of carbonyl (C=O) groups is 1. The average Bonchev–Trinajstić information content (AvgIpc) is 3.43. The van der Waals surface area contributed by atoms with Crippen molar-refractivity contribution in [1.82, 2.24) is 20.0 Å². The van der Waals surface area contributed by atoms with Gasteiger partial charge in [-0.15, -0.1) is 0 Å². The van der Waals surface area contributed by atoms with Crippen LogP contribution in [0.5, 0.6) is 0 Å². The summed E-state index contributed by atoms with van der Waals surface area (Å²) in [5, 5.41) is 16.4. The summed E-state index contributed by atoms with van der Waals surface area (Å²) in [7, 11) is 0. The molecule has 0 radical (unpaired) electrons. The van der Waals surface area contributed by atoms with Crippen molar-refractivity contribution >= 4 is 5.91 Å². The van der Waals surface area contributed by atoms with Crippen molar-refractivity contribution in [2.75, 3.05) is 26.2 Å². The van der Waals surface area contributed by atoms with Gasteiger partial charge in [-0.2, -0.15) is 5.10 Å². The van der Waals surface area contributed by atoms with Crippen molar-refractivity contribution in [2.45, 2.75) is 19.0 Å². The first-order valence-electron chi connectivity index (χ1n) is 9.49. The third-order valence-corrected chi connectivity index (χ3v) is 5.26. The summed E-state index contributed by atoms with van der Waals surface area (Å²) >= 11 is 0. The Hall–Kier alpha value is -2.90. The van der Waals surface area contributed by atoms with Crippen molar-refractivity contribution in [3.05, 3.63) is 66.2 Å². The number of aromatic nitrogens is 2. The fourth-order valence-corrected chi connectivity index (χ4v) is 3.72. The number of rotatable bonds is 6. The Morgan fingerprint density at radius 2 is 2.07 bits per heavy atom. The van der Waals surface area contributed by atoms with Crippen molar-refractivity contribution in [3.8, 4) is 11.3 Å². The van der Waals surface area contributed by atoms with E-state index in [1.54, 1.807) is 18.7 Å². The zero-order valence-electron chi connectivity index (χ0n) is 15.6. The molecular weight excluding hydrogens is 356 g/mol. The molecule has 1 amide bonds. The Morgan fingerprint density at radius 3 is 2.75 bits per heavy atom. The second-order valence-corrected chi connectivity index (χ2v) is 7.07. The van der Waals surface area contributed by atoms with Crippen LogP contribution in [0.3, 0.4) is 0 Å². The molecule has 7 heteroatoms. The number of aliphatic hydroxyl groups excluding tert-OH is 1. The Kier molecular flexibility index (Phi) is 5.55. The molecule has 4 rings (SSSR count). The molecule has 0 aliphatic carbocycles. The second kappa shape index (κ2) is 8.41. The minimum Gasteiger partial charge on any atom is -0.472 e. The van der Waals surface area contributed by atoms with E-state index in [2.05, 4.69) is 15.1 Å². The highest BCUT2D eigenvalue weighted by atomic mass is 16.3. The Morgan fingerprint density at radius 1 is 1.21 bits per heavy atom. The summed E-state index contributed by atoms with van der Waals surface area (Å²) in [6.45, 7) is 2.92. The highest BCUT2D eigenvalue weighted by molar-refractivity contribution is 5.94. The molecule has 2 N–H and O–H groups in total. The maximum Gasteiger partial charge on any atom is 0.253 e. The standard InChI is InChI=1S/C21H24N4O3/c26-11-6-19-14-25(10-9-24(19)13-16-7-12-28-15-16)21(27)18-3-1-17(2-4-18)20-5-8-22-23-20/h1-5,7-8,12,15,19,26H,6,9-11,13-14H2,(H,22,23)/t19-/m1/s1. The number of benzene rings is 1. The van der Waals surface area contributed by atoms with Gasteiger partial charge in [0.1, 0.15) is 0 Å². The van der Waals surface area contributed by atoms with Crippen molar-refractivity contribution in [3.63, 3.8) is 0 Å². The van der Waals surface area contributed by atoms with E-state index >= 15 is 0 Å². The molecule has 1 fully saturated rings. The zero-order valence-corrected chi connectivity index (χ0v) is 15.6. The van der Waals surface area contributed by atoms with Gasteiger partial charge in [0.25, 0.3) is 5.91 Å². The summed E-state index contributed by atoms with van der Waals surface area (Å²) < 4.78 is 5.16. The lowest BCUT2D eigenvalue weighted by Crippen LogP contribution is -2.54. The highest BCUT2D eigenvalue weighted by Crippen LogP contribution is 2.21. The van der Waals surface area contributed by atoms with Crippen molar-refractivity contribution in [2.24, 2.45) is 0 Å². The molecule has 3 heterocycles. The predicted octanol–water partition coefficient (Wildman–Crippen LogP) is 2.38. The fourth-order valence-electron chi connectivity index (χ4n) is 3.72. The largest absolute Gasteiger partial charge is 0.472 e. The molecule has 0 unspecified atom stereocenters. The summed E-state index contributed by atoms with van der Waals surface area (Å²) in [6, 6.07) is 11.6. The summed E-state index contributed by atoms with van der Waals surface area (Å²) in [5.41, 5.74) is 3.71. The Labute approximate surface area is 163 Å². The smallest absolute Gasteiger partial charge is 0.253 e. The summed E-state index contributed by atoms with van der Waals surface area (Å²) in [5.74, 6) is 0.0297. The maximum atomic E-state index is 13.0. The van der Waals surface area contributed by atoms with Gasteiger partial charge in [-0.05, 0) is 36.2 Å². The van der Waals surface area contributed by atoms with Crippen LogP contribution in [-0.2, 0) is 6.54 Å². The molecule has 1 aromatic carbocycles. The van der Waals surface area contributed by atoms with Crippen LogP contribution in [0.2, 0.25) is 0 Å². The van der Waals surface area contributed by atoms with Crippen LogP contribution >= 0.6 is 0 Å². The molecule has 1 aliphatic heterocycles. The van der Waals surface area contributed by atoms with Crippen LogP contribution in [-0.4, -0.2) is 63.3 Å². The lowest BCUT2D eigenvalue weighted by Gasteiger charge is -2.41. The monoisotopic (exact) mass is 380 g/mol. The van der Waals surface area contributed by atoms with Gasteiger partial charge in [0.05, 0.1) is 18.2 Å². The van der Waals surface area contributed by atoms with Gasteiger partial charge in [-0.25, -0.2) is 0 Å². The second-order valence-electron chi connectivity index (χ2n) is 7.07. The molecule has 3 aromatic rings. The van der Waals surface area contributed by atoms with E-state index in [1.165, 1.54) is 0 Å². The molecule has 28 heavy (non-hydrogen) atoms. The first-order valence-corrected chi connectivity index (χ1v) is 9.49. The average molecular weight is 380 g/mol. The lowest BCUT2D eigenvalue weighted by molar-refractivity contribution is 0.0394. The van der Waals surface area contributed by atoms with Gasteiger partial charge in [0.15, 0.2) is 0 Å². The topological polar surface area (TPSA) is 85.6 Å². The van der Waals surface area contributed by atoms with E-state index < -0.39 is 0 Å². The van der Waals surface area contributed by atoms with Crippen molar-refractivity contribution in [1.29, 1.82) is 0 Å². The van der Waals surface area contributed by atoms with E-state index in [4.69, 9.17) is 4.42 Å². The van der Waals surface area contributed by atoms with E-state index in [1.807, 2.05) is 41.3 Å². The number of piperazine rings is 1. The molecule has 0 spiro atoms. The van der Waals surface area contributed by atoms with Gasteiger partial charge in [-0.3, -0.25) is 14.8 Å². The molecule has 0 saturated carbocycles. The van der Waals surface area contributed by atoms with Gasteiger partial charge < -0.3 is 14.4 Å². The quantitative estimate of drug-likeness (QED) is 0.686. The molecule has 1 atom stereocenters. The Bertz CT molecular complexity index is 875. The number of nitrogens with one attached hydrogen (secondary N) is 1. The molecule has 2 aromatic heterocycles. The highest BCUT2D eigenvalue weighted by Gasteiger charge is 2.29. The van der Waals surface area contributed by atoms with Crippen molar-refractivity contribution < 1.29 is 14.3 Å². The Balaban J connectivity index is 1.43. The zero-order chi connectivity index (χ0) is 19.3. The van der Waals surface area contributed by atoms with Crippen LogP contribution in [0, 0.1) is 0 Å². The van der Waals surface area contributed by atoms with Gasteiger partial charge >= 0.3 is 0 Å². The number of aromatic amines is 1. The fraction of sp³-hybridized carbons (Fsp3) is 0.333. The SMILES string of the molecule is O=C(c1ccc(-c2ccn[nH]2)cc1)N1CCN(Cc2ccoc2)[C@H](CCO)C1. The molecular formula is C21H24N4O3. The van der Waals surface area contributed by atoms with Gasteiger partial charge in [0, 0.05) is 56.2 Å². The maximum absolute atomic E-state index is 13.0. The number of H-pyrrole nitrogens is 1. The molecule has 146 valence electrons. The van der Waals surface area contributed by atoms with Crippen LogP contribution in [0.25, 0.3) is 11.3 Å². The van der Waals surface area contributed by atoms with E-state index in [0.29, 0.717) is 25.1 Å². The lowest BCUT2D eigenvalue weighted by atomic mass is 10.0. The molecule has 0 bridgehead atoms. The first kappa shape index (κ1) is 18.5. The predicted molar refractivity (Wildman–Crippen MR) is 105 cm³/mol. The summed E-state index contributed by atoms with van der Waals surface area (Å²) in [4.78, 5) is 17.2. The number of furan rings is 1.